The summed E-state index contributed by atoms with van der Waals surface area (Å²) in [5.41, 5.74) is 1.35. The number of rotatable bonds is 4. The summed E-state index contributed by atoms with van der Waals surface area (Å²) in [6.45, 7) is 3.07. The molecule has 0 bridgehead atoms. The third-order valence-electron chi connectivity index (χ3n) is 5.04. The lowest BCUT2D eigenvalue weighted by Crippen LogP contribution is -2.48. The third-order valence-corrected chi connectivity index (χ3v) is 5.04. The Morgan fingerprint density at radius 3 is 2.76 bits per heavy atom. The van der Waals surface area contributed by atoms with Crippen LogP contribution in [0, 0.1) is 0 Å². The van der Waals surface area contributed by atoms with E-state index in [0.717, 1.165) is 19.6 Å². The summed E-state index contributed by atoms with van der Waals surface area (Å²) in [6.07, 6.45) is 8.63. The molecule has 2 aliphatic rings. The smallest absolute Gasteiger partial charge is 0.0480 e. The van der Waals surface area contributed by atoms with E-state index in [-0.39, 0.29) is 0 Å². The number of ether oxygens (including phenoxy) is 1. The fourth-order valence-corrected chi connectivity index (χ4v) is 3.95. The van der Waals surface area contributed by atoms with Crippen molar-refractivity contribution in [2.75, 3.05) is 33.9 Å². The van der Waals surface area contributed by atoms with Gasteiger partial charge >= 0.3 is 0 Å². The van der Waals surface area contributed by atoms with E-state index in [0.29, 0.717) is 18.1 Å². The van der Waals surface area contributed by atoms with Gasteiger partial charge in [-0.25, -0.2) is 0 Å². The molecule has 2 aliphatic heterocycles. The minimum absolute atomic E-state index is 0.604. The molecule has 3 rings (SSSR count). The molecular formula is C17H27N3O. The van der Waals surface area contributed by atoms with E-state index in [1.54, 1.807) is 0 Å². The first-order chi connectivity index (χ1) is 10.3. The van der Waals surface area contributed by atoms with Gasteiger partial charge in [0.2, 0.25) is 0 Å². The molecule has 0 N–H and O–H groups in total. The number of likely N-dealkylation sites (N-methyl/N-ethyl adjacent to an activating group) is 1. The van der Waals surface area contributed by atoms with Crippen LogP contribution >= 0.6 is 0 Å². The molecule has 0 aromatic carbocycles. The Morgan fingerprint density at radius 1 is 1.29 bits per heavy atom. The minimum atomic E-state index is 0.604. The van der Waals surface area contributed by atoms with Crippen LogP contribution in [-0.4, -0.2) is 66.8 Å². The number of hydrogen-bond acceptors (Lipinski definition) is 4. The topological polar surface area (TPSA) is 28.6 Å². The van der Waals surface area contributed by atoms with E-state index < -0.39 is 0 Å². The van der Waals surface area contributed by atoms with Gasteiger partial charge in [-0.3, -0.25) is 9.88 Å². The molecule has 116 valence electrons. The average molecular weight is 289 g/mol. The molecule has 0 unspecified atom stereocenters. The summed E-state index contributed by atoms with van der Waals surface area (Å²) in [7, 11) is 4.43. The molecule has 2 saturated heterocycles. The maximum atomic E-state index is 5.54. The number of likely N-dealkylation sites (tertiary alicyclic amines) is 1. The molecule has 21 heavy (non-hydrogen) atoms. The van der Waals surface area contributed by atoms with E-state index in [9.17, 15) is 0 Å². The van der Waals surface area contributed by atoms with E-state index in [1.165, 1.54) is 31.4 Å². The Balaban J connectivity index is 1.75. The first-order valence-corrected chi connectivity index (χ1v) is 8.14. The number of nitrogens with zero attached hydrogens (tertiary/aromatic N) is 3. The molecule has 0 radical (unpaired) electrons. The van der Waals surface area contributed by atoms with Crippen molar-refractivity contribution in [1.29, 1.82) is 0 Å². The largest absolute Gasteiger partial charge is 0.381 e. The quantitative estimate of drug-likeness (QED) is 0.845. The second kappa shape index (κ2) is 6.86. The molecule has 4 nitrogen and oxygen atoms in total. The van der Waals surface area contributed by atoms with Crippen molar-refractivity contribution in [2.45, 2.75) is 43.8 Å². The number of aromatic nitrogens is 1. The van der Waals surface area contributed by atoms with Gasteiger partial charge in [0.25, 0.3) is 0 Å². The average Bonchev–Trinajstić information content (AvgIpc) is 2.93. The predicted molar refractivity (Wildman–Crippen MR) is 84.4 cm³/mol. The lowest BCUT2D eigenvalue weighted by molar-refractivity contribution is 0.0238. The molecule has 4 heteroatoms. The van der Waals surface area contributed by atoms with E-state index in [1.807, 2.05) is 18.5 Å². The van der Waals surface area contributed by atoms with Crippen molar-refractivity contribution >= 4 is 0 Å². The molecule has 3 heterocycles. The zero-order chi connectivity index (χ0) is 14.7. The Bertz CT molecular complexity index is 431. The summed E-state index contributed by atoms with van der Waals surface area (Å²) >= 11 is 0. The van der Waals surface area contributed by atoms with Crippen molar-refractivity contribution < 1.29 is 4.74 Å². The molecule has 0 aliphatic carbocycles. The van der Waals surface area contributed by atoms with Crippen LogP contribution in [0.1, 0.15) is 24.8 Å². The van der Waals surface area contributed by atoms with Gasteiger partial charge in [0.05, 0.1) is 0 Å². The normalized spacial score (nSPS) is 28.3. The lowest BCUT2D eigenvalue weighted by atomic mass is 9.98. The highest BCUT2D eigenvalue weighted by Crippen LogP contribution is 2.29. The van der Waals surface area contributed by atoms with E-state index >= 15 is 0 Å². The third kappa shape index (κ3) is 3.44. The molecule has 2 fully saturated rings. The molecule has 2 atom stereocenters. The van der Waals surface area contributed by atoms with Gasteiger partial charge in [-0.2, -0.15) is 0 Å². The monoisotopic (exact) mass is 289 g/mol. The molecule has 1 aromatic heterocycles. The SMILES string of the molecule is CN(C)[C@@H]1CCN(C2CCOCC2)[C@H]1Cc1cccnc1. The molecule has 1 aromatic rings. The van der Waals surface area contributed by atoms with Crippen LogP contribution in [-0.2, 0) is 11.2 Å². The lowest BCUT2D eigenvalue weighted by Gasteiger charge is -2.38. The van der Waals surface area contributed by atoms with E-state index in [2.05, 4.69) is 34.9 Å². The van der Waals surface area contributed by atoms with Crippen LogP contribution in [0.3, 0.4) is 0 Å². The summed E-state index contributed by atoms with van der Waals surface area (Å²) in [4.78, 5) is 9.44. The first kappa shape index (κ1) is 14.9. The Kier molecular flexibility index (Phi) is 4.88. The molecule has 0 saturated carbocycles. The van der Waals surface area contributed by atoms with Crippen LogP contribution < -0.4 is 0 Å². The summed E-state index contributed by atoms with van der Waals surface area (Å²) < 4.78 is 5.54. The fraction of sp³-hybridized carbons (Fsp3) is 0.706. The van der Waals surface area contributed by atoms with Crippen LogP contribution in [0.15, 0.2) is 24.5 Å². The fourth-order valence-electron chi connectivity index (χ4n) is 3.95. The van der Waals surface area contributed by atoms with Gasteiger partial charge in [-0.15, -0.1) is 0 Å². The second-order valence-corrected chi connectivity index (χ2v) is 6.53. The van der Waals surface area contributed by atoms with Crippen LogP contribution in [0.5, 0.6) is 0 Å². The van der Waals surface area contributed by atoms with Crippen LogP contribution in [0.2, 0.25) is 0 Å². The predicted octanol–water partition coefficient (Wildman–Crippen LogP) is 1.81. The first-order valence-electron chi connectivity index (χ1n) is 8.14. The molecule has 0 amide bonds. The van der Waals surface area contributed by atoms with Crippen molar-refractivity contribution in [3.05, 3.63) is 30.1 Å². The van der Waals surface area contributed by atoms with Gasteiger partial charge in [0, 0.05) is 50.3 Å². The minimum Gasteiger partial charge on any atom is -0.381 e. The Labute approximate surface area is 128 Å². The Hall–Kier alpha value is -0.970. The van der Waals surface area contributed by atoms with Crippen LogP contribution in [0.25, 0.3) is 0 Å². The van der Waals surface area contributed by atoms with Gasteiger partial charge < -0.3 is 9.64 Å². The standard InChI is InChI=1S/C17H27N3O/c1-19(2)16-5-9-20(15-6-10-21-11-7-15)17(16)12-14-4-3-8-18-13-14/h3-4,8,13,15-17H,5-7,9-12H2,1-2H3/t16-,17+/m1/s1. The highest BCUT2D eigenvalue weighted by atomic mass is 16.5. The number of pyridine rings is 1. The van der Waals surface area contributed by atoms with Gasteiger partial charge in [-0.1, -0.05) is 6.07 Å². The highest BCUT2D eigenvalue weighted by molar-refractivity contribution is 5.13. The van der Waals surface area contributed by atoms with Crippen LogP contribution in [0.4, 0.5) is 0 Å². The maximum absolute atomic E-state index is 5.54. The second-order valence-electron chi connectivity index (χ2n) is 6.53. The van der Waals surface area contributed by atoms with Crippen molar-refractivity contribution in [1.82, 2.24) is 14.8 Å². The van der Waals surface area contributed by atoms with Gasteiger partial charge in [0.1, 0.15) is 0 Å². The van der Waals surface area contributed by atoms with Gasteiger partial charge in [0.15, 0.2) is 0 Å². The van der Waals surface area contributed by atoms with Crippen molar-refractivity contribution in [3.63, 3.8) is 0 Å². The zero-order valence-corrected chi connectivity index (χ0v) is 13.2. The summed E-state index contributed by atoms with van der Waals surface area (Å²) in [5.74, 6) is 0. The summed E-state index contributed by atoms with van der Waals surface area (Å²) in [5, 5.41) is 0. The summed E-state index contributed by atoms with van der Waals surface area (Å²) in [6, 6.07) is 6.21. The highest BCUT2D eigenvalue weighted by Gasteiger charge is 2.39. The van der Waals surface area contributed by atoms with Crippen molar-refractivity contribution in [2.24, 2.45) is 0 Å². The van der Waals surface area contributed by atoms with E-state index in [4.69, 9.17) is 4.74 Å². The zero-order valence-electron chi connectivity index (χ0n) is 13.2. The van der Waals surface area contributed by atoms with Gasteiger partial charge in [-0.05, 0) is 51.4 Å². The Morgan fingerprint density at radius 2 is 2.10 bits per heavy atom. The maximum Gasteiger partial charge on any atom is 0.0480 e. The molecule has 0 spiro atoms. The molecular weight excluding hydrogens is 262 g/mol. The van der Waals surface area contributed by atoms with Crippen molar-refractivity contribution in [3.8, 4) is 0 Å². The number of hydrogen-bond donors (Lipinski definition) is 0.